The van der Waals surface area contributed by atoms with Crippen LogP contribution < -0.4 is 10.9 Å². The van der Waals surface area contributed by atoms with Crippen molar-refractivity contribution < 1.29 is 9.21 Å². The van der Waals surface area contributed by atoms with Crippen molar-refractivity contribution in [3.63, 3.8) is 0 Å². The standard InChI is InChI=1S/C13H13N3O3/c17-12-7-8-6-9(3-4-10(8)15-16-12)14-13(18)11-2-1-5-19-11/h1-2,5,7,9H,3-4,6H2,(H,14,18)(H,16,17)/t9-/m0/s1. The van der Waals surface area contributed by atoms with Gasteiger partial charge in [-0.25, -0.2) is 5.10 Å². The van der Waals surface area contributed by atoms with Gasteiger partial charge in [-0.1, -0.05) is 0 Å². The molecule has 2 N–H and O–H groups in total. The van der Waals surface area contributed by atoms with Gasteiger partial charge < -0.3 is 9.73 Å². The van der Waals surface area contributed by atoms with Crippen LogP contribution in [0.4, 0.5) is 0 Å². The number of H-pyrrole nitrogens is 1. The molecule has 0 unspecified atom stereocenters. The van der Waals surface area contributed by atoms with Crippen LogP contribution in [0.25, 0.3) is 0 Å². The number of aryl methyl sites for hydroxylation is 1. The van der Waals surface area contributed by atoms with Crippen LogP contribution in [0.5, 0.6) is 0 Å². The molecule has 19 heavy (non-hydrogen) atoms. The van der Waals surface area contributed by atoms with Crippen LogP contribution in [0.15, 0.2) is 33.7 Å². The van der Waals surface area contributed by atoms with Crippen LogP contribution >= 0.6 is 0 Å². The Kier molecular flexibility index (Phi) is 2.91. The Bertz CT molecular complexity index is 645. The van der Waals surface area contributed by atoms with Gasteiger partial charge in [0.25, 0.3) is 11.5 Å². The Morgan fingerprint density at radius 2 is 2.42 bits per heavy atom. The van der Waals surface area contributed by atoms with E-state index in [1.54, 1.807) is 18.2 Å². The predicted molar refractivity (Wildman–Crippen MR) is 66.8 cm³/mol. The van der Waals surface area contributed by atoms with E-state index in [9.17, 15) is 9.59 Å². The maximum absolute atomic E-state index is 11.9. The minimum absolute atomic E-state index is 0.00806. The molecule has 2 aromatic heterocycles. The SMILES string of the molecule is O=C(N[C@H]1CCc2n[nH]c(=O)cc2C1)c1ccco1. The third-order valence-corrected chi connectivity index (χ3v) is 3.25. The molecule has 0 spiro atoms. The summed E-state index contributed by atoms with van der Waals surface area (Å²) in [4.78, 5) is 23.1. The van der Waals surface area contributed by atoms with Gasteiger partial charge >= 0.3 is 0 Å². The van der Waals surface area contributed by atoms with Crippen molar-refractivity contribution in [3.05, 3.63) is 51.8 Å². The lowest BCUT2D eigenvalue weighted by molar-refractivity contribution is 0.0905. The fourth-order valence-electron chi connectivity index (χ4n) is 2.33. The molecule has 0 radical (unpaired) electrons. The average molecular weight is 259 g/mol. The quantitative estimate of drug-likeness (QED) is 0.828. The second-order valence-electron chi connectivity index (χ2n) is 4.59. The molecule has 0 saturated heterocycles. The van der Waals surface area contributed by atoms with Gasteiger partial charge in [0, 0.05) is 12.1 Å². The molecule has 1 atom stereocenters. The number of nitrogens with one attached hydrogen (secondary N) is 2. The molecule has 0 aliphatic heterocycles. The lowest BCUT2D eigenvalue weighted by Gasteiger charge is -2.23. The fourth-order valence-corrected chi connectivity index (χ4v) is 2.33. The van der Waals surface area contributed by atoms with Crippen molar-refractivity contribution in [1.82, 2.24) is 15.5 Å². The molecule has 3 rings (SSSR count). The molecule has 2 heterocycles. The molecule has 1 amide bonds. The van der Waals surface area contributed by atoms with E-state index in [-0.39, 0.29) is 17.5 Å². The maximum atomic E-state index is 11.9. The Morgan fingerprint density at radius 3 is 3.21 bits per heavy atom. The first kappa shape index (κ1) is 11.7. The van der Waals surface area contributed by atoms with Gasteiger partial charge in [0.2, 0.25) is 0 Å². The van der Waals surface area contributed by atoms with Crippen LogP contribution in [0.3, 0.4) is 0 Å². The monoisotopic (exact) mass is 259 g/mol. The van der Waals surface area contributed by atoms with E-state index in [0.29, 0.717) is 12.2 Å². The van der Waals surface area contributed by atoms with E-state index in [2.05, 4.69) is 15.5 Å². The molecule has 6 nitrogen and oxygen atoms in total. The third-order valence-electron chi connectivity index (χ3n) is 3.25. The van der Waals surface area contributed by atoms with Crippen molar-refractivity contribution in [1.29, 1.82) is 0 Å². The minimum atomic E-state index is -0.226. The highest BCUT2D eigenvalue weighted by molar-refractivity contribution is 5.91. The lowest BCUT2D eigenvalue weighted by Crippen LogP contribution is -2.39. The van der Waals surface area contributed by atoms with E-state index < -0.39 is 0 Å². The Balaban J connectivity index is 1.72. The zero-order valence-corrected chi connectivity index (χ0v) is 10.2. The Hall–Kier alpha value is -2.37. The summed E-state index contributed by atoms with van der Waals surface area (Å²) in [5.41, 5.74) is 1.60. The summed E-state index contributed by atoms with van der Waals surface area (Å²) in [5, 5.41) is 9.35. The minimum Gasteiger partial charge on any atom is -0.459 e. The molecule has 0 bridgehead atoms. The number of hydrogen-bond donors (Lipinski definition) is 2. The van der Waals surface area contributed by atoms with Gasteiger partial charge in [0.05, 0.1) is 12.0 Å². The Labute approximate surface area is 108 Å². The van der Waals surface area contributed by atoms with E-state index in [1.807, 2.05) is 0 Å². The lowest BCUT2D eigenvalue weighted by atomic mass is 9.92. The van der Waals surface area contributed by atoms with E-state index in [0.717, 1.165) is 24.1 Å². The zero-order valence-electron chi connectivity index (χ0n) is 10.2. The maximum Gasteiger partial charge on any atom is 0.287 e. The number of rotatable bonds is 2. The molecule has 0 aromatic carbocycles. The van der Waals surface area contributed by atoms with Gasteiger partial charge in [0.15, 0.2) is 5.76 Å². The molecule has 1 aliphatic carbocycles. The first-order valence-corrected chi connectivity index (χ1v) is 6.14. The number of aromatic amines is 1. The number of furan rings is 1. The molecule has 98 valence electrons. The van der Waals surface area contributed by atoms with Gasteiger partial charge in [0.1, 0.15) is 0 Å². The third kappa shape index (κ3) is 2.42. The summed E-state index contributed by atoms with van der Waals surface area (Å²) >= 11 is 0. The van der Waals surface area contributed by atoms with Crippen molar-refractivity contribution in [2.75, 3.05) is 0 Å². The summed E-state index contributed by atoms with van der Waals surface area (Å²) < 4.78 is 5.05. The number of hydrogen-bond acceptors (Lipinski definition) is 4. The summed E-state index contributed by atoms with van der Waals surface area (Å²) in [5.74, 6) is 0.0751. The van der Waals surface area contributed by atoms with E-state index >= 15 is 0 Å². The van der Waals surface area contributed by atoms with Crippen LogP contribution in [-0.4, -0.2) is 22.1 Å². The summed E-state index contributed by atoms with van der Waals surface area (Å²) in [6.07, 6.45) is 3.64. The molecule has 0 fully saturated rings. The predicted octanol–water partition coefficient (Wildman–Crippen LogP) is 0.650. The highest BCUT2D eigenvalue weighted by Crippen LogP contribution is 2.18. The number of carbonyl (C=O) groups is 1. The first-order chi connectivity index (χ1) is 9.22. The van der Waals surface area contributed by atoms with Crippen LogP contribution in [0, 0.1) is 0 Å². The number of fused-ring (bicyclic) bond motifs is 1. The summed E-state index contributed by atoms with van der Waals surface area (Å²) in [6, 6.07) is 4.86. The van der Waals surface area contributed by atoms with Crippen LogP contribution in [0.1, 0.15) is 28.2 Å². The summed E-state index contributed by atoms with van der Waals surface area (Å²) in [7, 11) is 0. The largest absolute Gasteiger partial charge is 0.459 e. The van der Waals surface area contributed by atoms with Crippen molar-refractivity contribution in [3.8, 4) is 0 Å². The van der Waals surface area contributed by atoms with Crippen LogP contribution in [0.2, 0.25) is 0 Å². The van der Waals surface area contributed by atoms with E-state index in [4.69, 9.17) is 4.42 Å². The number of nitrogens with zero attached hydrogens (tertiary/aromatic N) is 1. The van der Waals surface area contributed by atoms with Crippen molar-refractivity contribution in [2.45, 2.75) is 25.3 Å². The van der Waals surface area contributed by atoms with Crippen LogP contribution in [-0.2, 0) is 12.8 Å². The highest BCUT2D eigenvalue weighted by Gasteiger charge is 2.22. The first-order valence-electron chi connectivity index (χ1n) is 6.14. The molecule has 6 heteroatoms. The molecular formula is C13H13N3O3. The second kappa shape index (κ2) is 4.72. The fraction of sp³-hybridized carbons (Fsp3) is 0.308. The second-order valence-corrected chi connectivity index (χ2v) is 4.59. The van der Waals surface area contributed by atoms with Gasteiger partial charge in [-0.3, -0.25) is 9.59 Å². The molecule has 2 aromatic rings. The molecular weight excluding hydrogens is 246 g/mol. The number of amides is 1. The van der Waals surface area contributed by atoms with Gasteiger partial charge in [-0.2, -0.15) is 5.10 Å². The summed E-state index contributed by atoms with van der Waals surface area (Å²) in [6.45, 7) is 0. The van der Waals surface area contributed by atoms with Gasteiger partial charge in [-0.05, 0) is 37.0 Å². The van der Waals surface area contributed by atoms with Gasteiger partial charge in [-0.15, -0.1) is 0 Å². The highest BCUT2D eigenvalue weighted by atomic mass is 16.3. The smallest absolute Gasteiger partial charge is 0.287 e. The average Bonchev–Trinajstić information content (AvgIpc) is 2.92. The number of aromatic nitrogens is 2. The van der Waals surface area contributed by atoms with Crippen molar-refractivity contribution >= 4 is 5.91 Å². The Morgan fingerprint density at radius 1 is 1.53 bits per heavy atom. The molecule has 1 aliphatic rings. The molecule has 0 saturated carbocycles. The normalized spacial score (nSPS) is 17.8. The van der Waals surface area contributed by atoms with Crippen molar-refractivity contribution in [2.24, 2.45) is 0 Å². The van der Waals surface area contributed by atoms with E-state index in [1.165, 1.54) is 6.26 Å². The topological polar surface area (TPSA) is 88.0 Å². The number of carbonyl (C=O) groups excluding carboxylic acids is 1. The zero-order chi connectivity index (χ0) is 13.2.